The second-order valence-corrected chi connectivity index (χ2v) is 5.78. The van der Waals surface area contributed by atoms with Crippen molar-refractivity contribution in [3.63, 3.8) is 0 Å². The van der Waals surface area contributed by atoms with Gasteiger partial charge >= 0.3 is 5.97 Å². The lowest BCUT2D eigenvalue weighted by molar-refractivity contribution is -0.205. The minimum absolute atomic E-state index is 0.167. The van der Waals surface area contributed by atoms with Gasteiger partial charge in [-0.05, 0) is 39.7 Å². The van der Waals surface area contributed by atoms with Crippen molar-refractivity contribution >= 4 is 5.97 Å². The first-order valence-corrected chi connectivity index (χ1v) is 6.43. The molecule has 100 valence electrons. The van der Waals surface area contributed by atoms with Crippen LogP contribution in [0.3, 0.4) is 0 Å². The SMILES string of the molecule is CC(C)(C)C(=O)ON1CCC(n2cccn2)CC1. The Bertz CT molecular complexity index is 387. The van der Waals surface area contributed by atoms with Crippen molar-refractivity contribution in [2.45, 2.75) is 39.7 Å². The summed E-state index contributed by atoms with van der Waals surface area (Å²) in [6.45, 7) is 7.14. The van der Waals surface area contributed by atoms with Crippen LogP contribution in [0.2, 0.25) is 0 Å². The van der Waals surface area contributed by atoms with Crippen LogP contribution < -0.4 is 0 Å². The topological polar surface area (TPSA) is 47.4 Å². The lowest BCUT2D eigenvalue weighted by Crippen LogP contribution is -2.39. The number of hydroxylamine groups is 2. The minimum atomic E-state index is -0.446. The van der Waals surface area contributed by atoms with Gasteiger partial charge in [0, 0.05) is 25.5 Å². The van der Waals surface area contributed by atoms with E-state index in [1.165, 1.54) is 0 Å². The van der Waals surface area contributed by atoms with E-state index in [1.54, 1.807) is 11.3 Å². The fourth-order valence-electron chi connectivity index (χ4n) is 1.95. The summed E-state index contributed by atoms with van der Waals surface area (Å²) in [5.41, 5.74) is -0.446. The molecule has 0 radical (unpaired) electrons. The van der Waals surface area contributed by atoms with E-state index in [0.717, 1.165) is 25.9 Å². The van der Waals surface area contributed by atoms with Crippen LogP contribution in [0, 0.1) is 5.41 Å². The average molecular weight is 251 g/mol. The molecular formula is C13H21N3O2. The maximum atomic E-state index is 11.8. The van der Waals surface area contributed by atoms with Crippen LogP contribution in [-0.4, -0.2) is 33.9 Å². The Morgan fingerprint density at radius 2 is 2.00 bits per heavy atom. The summed E-state index contributed by atoms with van der Waals surface area (Å²) in [6, 6.07) is 2.36. The van der Waals surface area contributed by atoms with Crippen molar-refractivity contribution < 1.29 is 9.63 Å². The third-order valence-corrected chi connectivity index (χ3v) is 3.15. The standard InChI is InChI=1S/C13H21N3O2/c1-13(2,3)12(17)18-15-9-5-11(6-10-15)16-8-4-7-14-16/h4,7-8,11H,5-6,9-10H2,1-3H3. The number of carbonyl (C=O) groups excluding carboxylic acids is 1. The maximum Gasteiger partial charge on any atom is 0.330 e. The molecular weight excluding hydrogens is 230 g/mol. The fourth-order valence-corrected chi connectivity index (χ4v) is 1.95. The quantitative estimate of drug-likeness (QED) is 0.807. The number of aromatic nitrogens is 2. The summed E-state index contributed by atoms with van der Waals surface area (Å²) in [6.07, 6.45) is 5.70. The largest absolute Gasteiger partial charge is 0.367 e. The summed E-state index contributed by atoms with van der Waals surface area (Å²) in [4.78, 5) is 17.1. The molecule has 0 spiro atoms. The van der Waals surface area contributed by atoms with Crippen molar-refractivity contribution in [2.24, 2.45) is 5.41 Å². The molecule has 0 unspecified atom stereocenters. The monoisotopic (exact) mass is 251 g/mol. The first-order valence-electron chi connectivity index (χ1n) is 6.43. The molecule has 0 amide bonds. The van der Waals surface area contributed by atoms with Crippen LogP contribution >= 0.6 is 0 Å². The van der Waals surface area contributed by atoms with Gasteiger partial charge in [-0.15, -0.1) is 5.06 Å². The number of hydrogen-bond acceptors (Lipinski definition) is 4. The van der Waals surface area contributed by atoms with E-state index in [2.05, 4.69) is 5.10 Å². The number of hydrogen-bond donors (Lipinski definition) is 0. The molecule has 1 saturated heterocycles. The van der Waals surface area contributed by atoms with E-state index in [0.29, 0.717) is 6.04 Å². The van der Waals surface area contributed by atoms with Crippen LogP contribution in [0.5, 0.6) is 0 Å². The predicted molar refractivity (Wildman–Crippen MR) is 67.6 cm³/mol. The van der Waals surface area contributed by atoms with Gasteiger partial charge in [0.2, 0.25) is 0 Å². The summed E-state index contributed by atoms with van der Waals surface area (Å²) in [5.74, 6) is -0.167. The molecule has 1 aliphatic heterocycles. The van der Waals surface area contributed by atoms with Gasteiger partial charge < -0.3 is 4.84 Å². The predicted octanol–water partition coefficient (Wildman–Crippen LogP) is 2.02. The Morgan fingerprint density at radius 1 is 1.33 bits per heavy atom. The highest BCUT2D eigenvalue weighted by atomic mass is 16.7. The number of nitrogens with zero attached hydrogens (tertiary/aromatic N) is 3. The highest BCUT2D eigenvalue weighted by molar-refractivity contribution is 5.75. The van der Waals surface area contributed by atoms with Crippen molar-refractivity contribution in [1.82, 2.24) is 14.8 Å². The zero-order chi connectivity index (χ0) is 13.2. The molecule has 1 aromatic heterocycles. The highest BCUT2D eigenvalue weighted by Crippen LogP contribution is 2.23. The highest BCUT2D eigenvalue weighted by Gasteiger charge is 2.28. The third-order valence-electron chi connectivity index (χ3n) is 3.15. The molecule has 1 aromatic rings. The molecule has 0 N–H and O–H groups in total. The van der Waals surface area contributed by atoms with Crippen molar-refractivity contribution in [3.8, 4) is 0 Å². The lowest BCUT2D eigenvalue weighted by atomic mass is 9.98. The van der Waals surface area contributed by atoms with Gasteiger partial charge in [-0.25, -0.2) is 4.79 Å². The van der Waals surface area contributed by atoms with Crippen LogP contribution in [-0.2, 0) is 9.63 Å². The molecule has 1 aliphatic rings. The number of rotatable bonds is 2. The normalized spacial score (nSPS) is 18.8. The molecule has 5 nitrogen and oxygen atoms in total. The van der Waals surface area contributed by atoms with Gasteiger partial charge in [0.1, 0.15) is 0 Å². The van der Waals surface area contributed by atoms with Gasteiger partial charge in [-0.1, -0.05) is 0 Å². The van der Waals surface area contributed by atoms with Crippen LogP contribution in [0.25, 0.3) is 0 Å². The first kappa shape index (κ1) is 13.1. The molecule has 2 heterocycles. The molecule has 2 rings (SSSR count). The van der Waals surface area contributed by atoms with E-state index < -0.39 is 5.41 Å². The second-order valence-electron chi connectivity index (χ2n) is 5.78. The summed E-state index contributed by atoms with van der Waals surface area (Å²) in [5, 5.41) is 6.03. The third kappa shape index (κ3) is 3.10. The summed E-state index contributed by atoms with van der Waals surface area (Å²) in [7, 11) is 0. The second kappa shape index (κ2) is 5.10. The van der Waals surface area contributed by atoms with Crippen molar-refractivity contribution in [2.75, 3.05) is 13.1 Å². The Morgan fingerprint density at radius 3 is 2.50 bits per heavy atom. The van der Waals surface area contributed by atoms with E-state index in [9.17, 15) is 4.79 Å². The first-order chi connectivity index (χ1) is 8.47. The molecule has 18 heavy (non-hydrogen) atoms. The Labute approximate surface area is 108 Å². The summed E-state index contributed by atoms with van der Waals surface area (Å²) < 4.78 is 1.99. The van der Waals surface area contributed by atoms with Gasteiger partial charge in [0.25, 0.3) is 0 Å². The summed E-state index contributed by atoms with van der Waals surface area (Å²) >= 11 is 0. The van der Waals surface area contributed by atoms with Crippen LogP contribution in [0.4, 0.5) is 0 Å². The molecule has 1 fully saturated rings. The van der Waals surface area contributed by atoms with Crippen molar-refractivity contribution in [3.05, 3.63) is 18.5 Å². The van der Waals surface area contributed by atoms with E-state index in [-0.39, 0.29) is 5.97 Å². The average Bonchev–Trinajstić information content (AvgIpc) is 2.82. The Kier molecular flexibility index (Phi) is 3.71. The Hall–Kier alpha value is -1.36. The smallest absolute Gasteiger partial charge is 0.330 e. The van der Waals surface area contributed by atoms with Crippen molar-refractivity contribution in [1.29, 1.82) is 0 Å². The molecule has 5 heteroatoms. The number of piperidine rings is 1. The van der Waals surface area contributed by atoms with Gasteiger partial charge in [-0.2, -0.15) is 5.10 Å². The van der Waals surface area contributed by atoms with Gasteiger partial charge in [0.05, 0.1) is 11.5 Å². The zero-order valence-corrected chi connectivity index (χ0v) is 11.3. The molecule has 0 saturated carbocycles. The van der Waals surface area contributed by atoms with Crippen LogP contribution in [0.15, 0.2) is 18.5 Å². The zero-order valence-electron chi connectivity index (χ0n) is 11.3. The molecule has 0 atom stereocenters. The van der Waals surface area contributed by atoms with E-state index in [1.807, 2.05) is 37.7 Å². The van der Waals surface area contributed by atoms with E-state index >= 15 is 0 Å². The fraction of sp³-hybridized carbons (Fsp3) is 0.692. The van der Waals surface area contributed by atoms with Crippen LogP contribution in [0.1, 0.15) is 39.7 Å². The maximum absolute atomic E-state index is 11.8. The molecule has 0 aliphatic carbocycles. The molecule has 0 bridgehead atoms. The minimum Gasteiger partial charge on any atom is -0.367 e. The van der Waals surface area contributed by atoms with E-state index in [4.69, 9.17) is 4.84 Å². The lowest BCUT2D eigenvalue weighted by Gasteiger charge is -2.32. The number of carbonyl (C=O) groups is 1. The van der Waals surface area contributed by atoms with Gasteiger partial charge in [-0.3, -0.25) is 4.68 Å². The Balaban J connectivity index is 1.82. The molecule has 0 aromatic carbocycles. The van der Waals surface area contributed by atoms with Gasteiger partial charge in [0.15, 0.2) is 0 Å².